The lowest BCUT2D eigenvalue weighted by atomic mass is 9.56. The summed E-state index contributed by atoms with van der Waals surface area (Å²) in [5.41, 5.74) is 0. The second-order valence-corrected chi connectivity index (χ2v) is 10.7. The van der Waals surface area contributed by atoms with Gasteiger partial charge in [0.2, 0.25) is 0 Å². The van der Waals surface area contributed by atoms with Gasteiger partial charge in [-0.2, -0.15) is 0 Å². The van der Waals surface area contributed by atoms with Crippen LogP contribution in [-0.2, 0) is 9.53 Å². The third-order valence-electron chi connectivity index (χ3n) is 8.60. The fourth-order valence-corrected chi connectivity index (χ4v) is 7.02. The fraction of sp³-hybridized carbons (Fsp3) is 0.963. The Morgan fingerprint density at radius 2 is 1.38 bits per heavy atom. The van der Waals surface area contributed by atoms with Gasteiger partial charge in [-0.15, -0.1) is 0 Å². The maximum absolute atomic E-state index is 12.3. The predicted molar refractivity (Wildman–Crippen MR) is 122 cm³/mol. The minimum absolute atomic E-state index is 0.0752. The topological polar surface area (TPSA) is 26.3 Å². The van der Waals surface area contributed by atoms with Crippen molar-refractivity contribution in [3.8, 4) is 0 Å². The summed E-state index contributed by atoms with van der Waals surface area (Å²) >= 11 is 0. The van der Waals surface area contributed by atoms with Crippen LogP contribution in [0.25, 0.3) is 0 Å². The van der Waals surface area contributed by atoms with Gasteiger partial charge in [0.1, 0.15) is 6.10 Å². The van der Waals surface area contributed by atoms with E-state index in [-0.39, 0.29) is 12.1 Å². The van der Waals surface area contributed by atoms with E-state index in [9.17, 15) is 4.79 Å². The Morgan fingerprint density at radius 1 is 0.724 bits per heavy atom. The summed E-state index contributed by atoms with van der Waals surface area (Å²) < 4.78 is 5.92. The van der Waals surface area contributed by atoms with Gasteiger partial charge in [0.05, 0.1) is 0 Å². The molecule has 6 atom stereocenters. The SMILES string of the molecule is CCCCCCCC(=O)O[C@@H]1CCC2C(CCC3C[C@H](CCCCC)CCC32)C1. The van der Waals surface area contributed by atoms with Gasteiger partial charge in [0.25, 0.3) is 0 Å². The van der Waals surface area contributed by atoms with Gasteiger partial charge < -0.3 is 4.74 Å². The average Bonchev–Trinajstić information content (AvgIpc) is 2.73. The quantitative estimate of drug-likeness (QED) is 0.257. The van der Waals surface area contributed by atoms with Crippen LogP contribution in [-0.4, -0.2) is 12.1 Å². The van der Waals surface area contributed by atoms with Crippen LogP contribution >= 0.6 is 0 Å². The van der Waals surface area contributed by atoms with Gasteiger partial charge in [-0.3, -0.25) is 4.79 Å². The fourth-order valence-electron chi connectivity index (χ4n) is 7.02. The van der Waals surface area contributed by atoms with Crippen molar-refractivity contribution >= 4 is 5.97 Å². The number of esters is 1. The molecule has 0 amide bonds. The number of carbonyl (C=O) groups is 1. The van der Waals surface area contributed by atoms with E-state index < -0.39 is 0 Å². The first-order valence-electron chi connectivity index (χ1n) is 13.4. The third-order valence-corrected chi connectivity index (χ3v) is 8.60. The van der Waals surface area contributed by atoms with Gasteiger partial charge in [-0.05, 0) is 81.0 Å². The van der Waals surface area contributed by atoms with Crippen molar-refractivity contribution in [1.82, 2.24) is 0 Å². The first-order valence-corrected chi connectivity index (χ1v) is 13.4. The molecule has 3 saturated carbocycles. The number of ether oxygens (including phenoxy) is 1. The average molecular weight is 405 g/mol. The molecule has 3 rings (SSSR count). The molecule has 0 aliphatic heterocycles. The van der Waals surface area contributed by atoms with E-state index in [1.807, 2.05) is 0 Å². The highest BCUT2D eigenvalue weighted by Crippen LogP contribution is 2.53. The molecule has 29 heavy (non-hydrogen) atoms. The Morgan fingerprint density at radius 3 is 2.14 bits per heavy atom. The molecular formula is C27H48O2. The van der Waals surface area contributed by atoms with E-state index in [0.717, 1.165) is 48.9 Å². The van der Waals surface area contributed by atoms with E-state index in [2.05, 4.69) is 13.8 Å². The highest BCUT2D eigenvalue weighted by Gasteiger charge is 2.44. The second-order valence-electron chi connectivity index (χ2n) is 10.7. The van der Waals surface area contributed by atoms with Crippen molar-refractivity contribution in [2.75, 3.05) is 0 Å². The van der Waals surface area contributed by atoms with Gasteiger partial charge >= 0.3 is 5.97 Å². The monoisotopic (exact) mass is 404 g/mol. The molecule has 0 aromatic rings. The largest absolute Gasteiger partial charge is 0.462 e. The molecule has 2 nitrogen and oxygen atoms in total. The van der Waals surface area contributed by atoms with Crippen molar-refractivity contribution in [2.45, 2.75) is 136 Å². The third kappa shape index (κ3) is 7.00. The smallest absolute Gasteiger partial charge is 0.306 e. The van der Waals surface area contributed by atoms with Crippen LogP contribution in [0.3, 0.4) is 0 Å². The molecule has 0 aromatic carbocycles. The number of hydrogen-bond donors (Lipinski definition) is 0. The van der Waals surface area contributed by atoms with Crippen LogP contribution in [0, 0.1) is 29.6 Å². The molecule has 0 bridgehead atoms. The Kier molecular flexibility index (Phi) is 9.86. The summed E-state index contributed by atoms with van der Waals surface area (Å²) in [5, 5.41) is 0. The van der Waals surface area contributed by atoms with E-state index in [0.29, 0.717) is 6.42 Å². The van der Waals surface area contributed by atoms with E-state index in [1.165, 1.54) is 89.9 Å². The zero-order chi connectivity index (χ0) is 20.5. The maximum Gasteiger partial charge on any atom is 0.306 e. The van der Waals surface area contributed by atoms with Crippen LogP contribution in [0.2, 0.25) is 0 Å². The highest BCUT2D eigenvalue weighted by atomic mass is 16.5. The summed E-state index contributed by atoms with van der Waals surface area (Å²) in [6.45, 7) is 4.55. The van der Waals surface area contributed by atoms with Crippen molar-refractivity contribution in [1.29, 1.82) is 0 Å². The first kappa shape index (κ1) is 23.1. The summed E-state index contributed by atoms with van der Waals surface area (Å²) in [6, 6.07) is 0. The Hall–Kier alpha value is -0.530. The summed E-state index contributed by atoms with van der Waals surface area (Å²) in [6.07, 6.45) is 23.6. The van der Waals surface area contributed by atoms with Gasteiger partial charge in [0.15, 0.2) is 0 Å². The molecule has 0 saturated heterocycles. The molecule has 168 valence electrons. The Bertz CT molecular complexity index is 473. The van der Waals surface area contributed by atoms with Crippen molar-refractivity contribution in [3.63, 3.8) is 0 Å². The van der Waals surface area contributed by atoms with Crippen LogP contribution in [0.5, 0.6) is 0 Å². The number of carbonyl (C=O) groups excluding carboxylic acids is 1. The molecule has 4 unspecified atom stereocenters. The van der Waals surface area contributed by atoms with E-state index in [1.54, 1.807) is 0 Å². The number of unbranched alkanes of at least 4 members (excludes halogenated alkanes) is 6. The molecule has 0 radical (unpaired) electrons. The van der Waals surface area contributed by atoms with Crippen molar-refractivity contribution in [2.24, 2.45) is 29.6 Å². The first-order chi connectivity index (χ1) is 14.2. The molecule has 2 heteroatoms. The summed E-state index contributed by atoms with van der Waals surface area (Å²) in [5.74, 6) is 4.88. The lowest BCUT2D eigenvalue weighted by Gasteiger charge is -2.50. The lowest BCUT2D eigenvalue weighted by Crippen LogP contribution is -2.43. The zero-order valence-corrected chi connectivity index (χ0v) is 19.5. The van der Waals surface area contributed by atoms with Crippen LogP contribution in [0.4, 0.5) is 0 Å². The molecule has 0 spiro atoms. The van der Waals surface area contributed by atoms with Crippen molar-refractivity contribution in [3.05, 3.63) is 0 Å². The molecule has 0 heterocycles. The van der Waals surface area contributed by atoms with E-state index >= 15 is 0 Å². The molecule has 3 aliphatic rings. The second kappa shape index (κ2) is 12.4. The number of hydrogen-bond acceptors (Lipinski definition) is 2. The Balaban J connectivity index is 1.37. The van der Waals surface area contributed by atoms with Crippen LogP contribution in [0.1, 0.15) is 129 Å². The molecule has 0 N–H and O–H groups in total. The molecule has 0 aromatic heterocycles. The minimum atomic E-state index is 0.0752. The lowest BCUT2D eigenvalue weighted by molar-refractivity contribution is -0.153. The molecule has 3 aliphatic carbocycles. The van der Waals surface area contributed by atoms with Crippen LogP contribution < -0.4 is 0 Å². The highest BCUT2D eigenvalue weighted by molar-refractivity contribution is 5.69. The minimum Gasteiger partial charge on any atom is -0.462 e. The van der Waals surface area contributed by atoms with E-state index in [4.69, 9.17) is 4.74 Å². The maximum atomic E-state index is 12.3. The molecule has 3 fully saturated rings. The zero-order valence-electron chi connectivity index (χ0n) is 19.5. The standard InChI is InChI=1S/C27H48O2/c1-3-5-7-8-10-12-27(28)29-24-16-18-26-23(20-24)15-14-22-19-21(11-9-6-4-2)13-17-25(22)26/h21-26H,3-20H2,1-2H3/t21-,22?,23?,24-,25?,26?/m1/s1. The summed E-state index contributed by atoms with van der Waals surface area (Å²) in [4.78, 5) is 12.3. The number of rotatable bonds is 11. The molecular weight excluding hydrogens is 356 g/mol. The van der Waals surface area contributed by atoms with Gasteiger partial charge in [-0.1, -0.05) is 71.6 Å². The van der Waals surface area contributed by atoms with Gasteiger partial charge in [0, 0.05) is 6.42 Å². The predicted octanol–water partition coefficient (Wildman–Crippen LogP) is 8.08. The van der Waals surface area contributed by atoms with Crippen molar-refractivity contribution < 1.29 is 9.53 Å². The Labute approximate surface area is 180 Å². The number of fused-ring (bicyclic) bond motifs is 3. The van der Waals surface area contributed by atoms with Crippen LogP contribution in [0.15, 0.2) is 0 Å². The van der Waals surface area contributed by atoms with Gasteiger partial charge in [-0.25, -0.2) is 0 Å². The summed E-state index contributed by atoms with van der Waals surface area (Å²) in [7, 11) is 0. The normalized spacial score (nSPS) is 34.3.